The number of hydrogen-bond acceptors (Lipinski definition) is 6. The van der Waals surface area contributed by atoms with Crippen LogP contribution in [0.4, 0.5) is 5.82 Å². The average Bonchev–Trinajstić information content (AvgIpc) is 2.46. The van der Waals surface area contributed by atoms with E-state index in [1.54, 1.807) is 0 Å². The standard InChI is InChI=1S/C13H21N3O4/c1-3-19-7-5-16(6-8-20-4-2)12-10-14-11(9-15-12)13(17)18/h9-10H,3-8H2,1-2H3,(H,17,18). The van der Waals surface area contributed by atoms with E-state index in [2.05, 4.69) is 9.97 Å². The summed E-state index contributed by atoms with van der Waals surface area (Å²) in [6, 6.07) is 0. The lowest BCUT2D eigenvalue weighted by molar-refractivity contribution is 0.0690. The van der Waals surface area contributed by atoms with Crippen LogP contribution < -0.4 is 4.90 Å². The smallest absolute Gasteiger partial charge is 0.356 e. The molecule has 0 spiro atoms. The fourth-order valence-electron chi connectivity index (χ4n) is 1.57. The number of carboxylic acid groups (broad SMARTS) is 1. The van der Waals surface area contributed by atoms with Gasteiger partial charge in [0.1, 0.15) is 5.82 Å². The molecule has 0 aliphatic rings. The van der Waals surface area contributed by atoms with Crippen LogP contribution in [0.2, 0.25) is 0 Å². The van der Waals surface area contributed by atoms with Crippen LogP contribution >= 0.6 is 0 Å². The SMILES string of the molecule is CCOCCN(CCOCC)c1cnc(C(=O)O)cn1. The largest absolute Gasteiger partial charge is 0.476 e. The van der Waals surface area contributed by atoms with Crippen LogP contribution in [0.1, 0.15) is 24.3 Å². The second kappa shape index (κ2) is 9.22. The number of ether oxygens (including phenoxy) is 2. The molecule has 1 N–H and O–H groups in total. The monoisotopic (exact) mass is 283 g/mol. The number of aromatic carboxylic acids is 1. The third kappa shape index (κ3) is 5.50. The molecule has 1 heterocycles. The predicted molar refractivity (Wildman–Crippen MR) is 74.2 cm³/mol. The molecule has 1 rings (SSSR count). The summed E-state index contributed by atoms with van der Waals surface area (Å²) in [4.78, 5) is 20.7. The minimum Gasteiger partial charge on any atom is -0.476 e. The molecule has 0 aromatic carbocycles. The minimum atomic E-state index is -1.08. The van der Waals surface area contributed by atoms with Gasteiger partial charge in [0.2, 0.25) is 0 Å². The van der Waals surface area contributed by atoms with E-state index in [1.807, 2.05) is 18.7 Å². The van der Waals surface area contributed by atoms with Gasteiger partial charge in [0.15, 0.2) is 5.69 Å². The van der Waals surface area contributed by atoms with Crippen molar-refractivity contribution in [1.29, 1.82) is 0 Å². The Hall–Kier alpha value is -1.73. The molecule has 0 saturated carbocycles. The van der Waals surface area contributed by atoms with Gasteiger partial charge in [-0.25, -0.2) is 14.8 Å². The van der Waals surface area contributed by atoms with E-state index in [9.17, 15) is 4.79 Å². The number of nitrogens with zero attached hydrogens (tertiary/aromatic N) is 3. The van der Waals surface area contributed by atoms with Crippen molar-refractivity contribution >= 4 is 11.8 Å². The van der Waals surface area contributed by atoms with Crippen LogP contribution in [0.3, 0.4) is 0 Å². The number of aromatic nitrogens is 2. The van der Waals surface area contributed by atoms with Crippen LogP contribution in [-0.2, 0) is 9.47 Å². The molecule has 0 amide bonds. The lowest BCUT2D eigenvalue weighted by atomic mass is 10.4. The third-order valence-electron chi connectivity index (χ3n) is 2.60. The van der Waals surface area contributed by atoms with E-state index in [0.717, 1.165) is 0 Å². The van der Waals surface area contributed by atoms with Gasteiger partial charge in [0, 0.05) is 26.3 Å². The Balaban J connectivity index is 2.66. The third-order valence-corrected chi connectivity index (χ3v) is 2.60. The number of rotatable bonds is 10. The summed E-state index contributed by atoms with van der Waals surface area (Å²) in [6.45, 7) is 7.64. The molecular weight excluding hydrogens is 262 g/mol. The molecule has 112 valence electrons. The molecule has 7 nitrogen and oxygen atoms in total. The van der Waals surface area contributed by atoms with E-state index >= 15 is 0 Å². The van der Waals surface area contributed by atoms with Gasteiger partial charge in [0.25, 0.3) is 0 Å². The van der Waals surface area contributed by atoms with Crippen molar-refractivity contribution in [2.75, 3.05) is 44.4 Å². The minimum absolute atomic E-state index is 0.0664. The Bertz CT molecular complexity index is 387. The van der Waals surface area contributed by atoms with Crippen LogP contribution in [-0.4, -0.2) is 60.6 Å². The maximum atomic E-state index is 10.7. The van der Waals surface area contributed by atoms with Crippen molar-refractivity contribution in [3.05, 3.63) is 18.1 Å². The number of carboxylic acids is 1. The van der Waals surface area contributed by atoms with Crippen LogP contribution in [0.25, 0.3) is 0 Å². The van der Waals surface area contributed by atoms with E-state index in [0.29, 0.717) is 45.3 Å². The van der Waals surface area contributed by atoms with Gasteiger partial charge < -0.3 is 19.5 Å². The van der Waals surface area contributed by atoms with Gasteiger partial charge in [-0.15, -0.1) is 0 Å². The van der Waals surface area contributed by atoms with Crippen molar-refractivity contribution in [2.45, 2.75) is 13.8 Å². The van der Waals surface area contributed by atoms with Gasteiger partial charge in [-0.1, -0.05) is 0 Å². The van der Waals surface area contributed by atoms with E-state index < -0.39 is 5.97 Å². The highest BCUT2D eigenvalue weighted by Gasteiger charge is 2.10. The zero-order valence-corrected chi connectivity index (χ0v) is 11.9. The van der Waals surface area contributed by atoms with Crippen molar-refractivity contribution in [2.24, 2.45) is 0 Å². The van der Waals surface area contributed by atoms with Gasteiger partial charge in [0.05, 0.1) is 25.6 Å². The number of carbonyl (C=O) groups is 1. The summed E-state index contributed by atoms with van der Waals surface area (Å²) in [5.74, 6) is -0.464. The molecule has 0 aliphatic heterocycles. The first kappa shape index (κ1) is 16.3. The Morgan fingerprint density at radius 2 is 1.75 bits per heavy atom. The fraction of sp³-hybridized carbons (Fsp3) is 0.615. The summed E-state index contributed by atoms with van der Waals surface area (Å²) in [5.41, 5.74) is -0.0664. The highest BCUT2D eigenvalue weighted by atomic mass is 16.5. The molecule has 0 bridgehead atoms. The van der Waals surface area contributed by atoms with Gasteiger partial charge in [-0.3, -0.25) is 0 Å². The molecule has 1 aromatic rings. The fourth-order valence-corrected chi connectivity index (χ4v) is 1.57. The summed E-state index contributed by atoms with van der Waals surface area (Å²) < 4.78 is 10.7. The zero-order chi connectivity index (χ0) is 14.8. The first-order chi connectivity index (χ1) is 9.69. The van der Waals surface area contributed by atoms with E-state index in [-0.39, 0.29) is 5.69 Å². The Kier molecular flexibility index (Phi) is 7.52. The van der Waals surface area contributed by atoms with Crippen LogP contribution in [0.15, 0.2) is 12.4 Å². The second-order valence-corrected chi connectivity index (χ2v) is 3.95. The summed E-state index contributed by atoms with van der Waals surface area (Å²) in [7, 11) is 0. The van der Waals surface area contributed by atoms with Crippen molar-refractivity contribution < 1.29 is 19.4 Å². The van der Waals surface area contributed by atoms with E-state index in [4.69, 9.17) is 14.6 Å². The molecule has 0 unspecified atom stereocenters. The molecule has 20 heavy (non-hydrogen) atoms. The number of anilines is 1. The van der Waals surface area contributed by atoms with E-state index in [1.165, 1.54) is 12.4 Å². The highest BCUT2D eigenvalue weighted by Crippen LogP contribution is 2.08. The van der Waals surface area contributed by atoms with Crippen molar-refractivity contribution in [3.63, 3.8) is 0 Å². The first-order valence-corrected chi connectivity index (χ1v) is 6.64. The normalized spacial score (nSPS) is 10.5. The molecular formula is C13H21N3O4. The topological polar surface area (TPSA) is 84.8 Å². The first-order valence-electron chi connectivity index (χ1n) is 6.64. The molecule has 0 fully saturated rings. The van der Waals surface area contributed by atoms with Gasteiger partial charge >= 0.3 is 5.97 Å². The zero-order valence-electron chi connectivity index (χ0n) is 11.9. The second-order valence-electron chi connectivity index (χ2n) is 3.95. The molecule has 0 radical (unpaired) electrons. The molecule has 0 aliphatic carbocycles. The Morgan fingerprint density at radius 1 is 1.15 bits per heavy atom. The van der Waals surface area contributed by atoms with Gasteiger partial charge in [-0.2, -0.15) is 0 Å². The highest BCUT2D eigenvalue weighted by molar-refractivity contribution is 5.84. The molecule has 0 atom stereocenters. The molecule has 7 heteroatoms. The molecule has 1 aromatic heterocycles. The molecule has 0 saturated heterocycles. The lowest BCUT2D eigenvalue weighted by Gasteiger charge is -2.23. The van der Waals surface area contributed by atoms with Crippen LogP contribution in [0, 0.1) is 0 Å². The number of hydrogen-bond donors (Lipinski definition) is 1. The Morgan fingerprint density at radius 3 is 2.15 bits per heavy atom. The summed E-state index contributed by atoms with van der Waals surface area (Å²) in [5, 5.41) is 8.80. The van der Waals surface area contributed by atoms with Crippen molar-refractivity contribution in [3.8, 4) is 0 Å². The summed E-state index contributed by atoms with van der Waals surface area (Å²) in [6.07, 6.45) is 2.72. The average molecular weight is 283 g/mol. The predicted octanol–water partition coefficient (Wildman–Crippen LogP) is 1.05. The van der Waals surface area contributed by atoms with Gasteiger partial charge in [-0.05, 0) is 13.8 Å². The van der Waals surface area contributed by atoms with Crippen molar-refractivity contribution in [1.82, 2.24) is 9.97 Å². The maximum Gasteiger partial charge on any atom is 0.356 e. The lowest BCUT2D eigenvalue weighted by Crippen LogP contribution is -2.32. The quantitative estimate of drug-likeness (QED) is 0.642. The summed E-state index contributed by atoms with van der Waals surface area (Å²) >= 11 is 0. The van der Waals surface area contributed by atoms with Crippen LogP contribution in [0.5, 0.6) is 0 Å². The Labute approximate surface area is 118 Å². The maximum absolute atomic E-state index is 10.7.